The van der Waals surface area contributed by atoms with Crippen molar-refractivity contribution in [1.29, 1.82) is 0 Å². The number of nitrogens with zero attached hydrogens (tertiary/aromatic N) is 1. The van der Waals surface area contributed by atoms with E-state index in [1.807, 2.05) is 42.5 Å². The predicted octanol–water partition coefficient (Wildman–Crippen LogP) is 3.37. The molecule has 96 valence electrons. The number of carbonyl (C=O) groups excluding carboxylic acids is 1. The van der Waals surface area contributed by atoms with Gasteiger partial charge in [-0.1, -0.05) is 36.4 Å². The van der Waals surface area contributed by atoms with Crippen LogP contribution in [0.15, 0.2) is 54.6 Å². The van der Waals surface area contributed by atoms with E-state index in [-0.39, 0.29) is 5.97 Å². The summed E-state index contributed by atoms with van der Waals surface area (Å²) in [5.74, 6) is -0.335. The topological polar surface area (TPSA) is 39.2 Å². The van der Waals surface area contributed by atoms with Crippen LogP contribution in [0.1, 0.15) is 12.6 Å². The highest BCUT2D eigenvalue weighted by Gasteiger charge is 1.94. The molecule has 0 atom stereocenters. The van der Waals surface area contributed by atoms with Gasteiger partial charge in [-0.2, -0.15) is 0 Å². The summed E-state index contributed by atoms with van der Waals surface area (Å²) >= 11 is 0. The van der Waals surface area contributed by atoms with Crippen molar-refractivity contribution < 1.29 is 9.53 Å². The van der Waals surface area contributed by atoms with Gasteiger partial charge in [0.2, 0.25) is 0 Å². The molecule has 0 spiro atoms. The van der Waals surface area contributed by atoms with E-state index < -0.39 is 0 Å². The van der Waals surface area contributed by atoms with Crippen LogP contribution in [0, 0.1) is 0 Å². The fourth-order valence-electron chi connectivity index (χ4n) is 1.65. The van der Waals surface area contributed by atoms with Crippen LogP contribution in [-0.2, 0) is 9.53 Å². The Labute approximate surface area is 112 Å². The first-order valence-electron chi connectivity index (χ1n) is 6.17. The Morgan fingerprint density at radius 2 is 2.05 bits per heavy atom. The highest BCUT2D eigenvalue weighted by molar-refractivity contribution is 5.82. The van der Waals surface area contributed by atoms with Crippen LogP contribution in [-0.4, -0.2) is 17.6 Å². The van der Waals surface area contributed by atoms with Crippen LogP contribution in [0.2, 0.25) is 0 Å². The summed E-state index contributed by atoms with van der Waals surface area (Å²) in [6.07, 6.45) is 6.66. The number of hydrogen-bond acceptors (Lipinski definition) is 3. The standard InChI is InChI=1S/C16H15NO2/c1-2-19-16(18)10-6-4-8-14-12-11-13-7-3-5-9-15(13)17-14/h3-12H,2H2,1H3. The second kappa shape index (κ2) is 6.50. The van der Waals surface area contributed by atoms with Crippen LogP contribution in [0.25, 0.3) is 17.0 Å². The molecule has 1 aromatic heterocycles. The molecule has 0 radical (unpaired) electrons. The number of esters is 1. The summed E-state index contributed by atoms with van der Waals surface area (Å²) in [7, 11) is 0. The Morgan fingerprint density at radius 3 is 2.89 bits per heavy atom. The Morgan fingerprint density at radius 1 is 1.21 bits per heavy atom. The van der Waals surface area contributed by atoms with Crippen molar-refractivity contribution in [2.45, 2.75) is 6.92 Å². The number of allylic oxidation sites excluding steroid dienone is 2. The number of aromatic nitrogens is 1. The fraction of sp³-hybridized carbons (Fsp3) is 0.125. The highest BCUT2D eigenvalue weighted by Crippen LogP contribution is 2.12. The van der Waals surface area contributed by atoms with Crippen LogP contribution >= 0.6 is 0 Å². The van der Waals surface area contributed by atoms with E-state index >= 15 is 0 Å². The predicted molar refractivity (Wildman–Crippen MR) is 76.6 cm³/mol. The number of rotatable bonds is 4. The van der Waals surface area contributed by atoms with Gasteiger partial charge in [0, 0.05) is 11.5 Å². The molecule has 19 heavy (non-hydrogen) atoms. The second-order valence-corrected chi connectivity index (χ2v) is 3.90. The molecule has 2 aromatic rings. The maximum absolute atomic E-state index is 11.1. The quantitative estimate of drug-likeness (QED) is 0.476. The maximum atomic E-state index is 11.1. The lowest BCUT2D eigenvalue weighted by molar-refractivity contribution is -0.137. The van der Waals surface area contributed by atoms with Gasteiger partial charge in [-0.25, -0.2) is 9.78 Å². The zero-order valence-corrected chi connectivity index (χ0v) is 10.7. The third kappa shape index (κ3) is 3.78. The third-order valence-corrected chi connectivity index (χ3v) is 2.52. The molecule has 0 unspecified atom stereocenters. The first kappa shape index (κ1) is 13.0. The van der Waals surface area contributed by atoms with Crippen molar-refractivity contribution in [2.75, 3.05) is 6.61 Å². The highest BCUT2D eigenvalue weighted by atomic mass is 16.5. The zero-order valence-electron chi connectivity index (χ0n) is 10.7. The maximum Gasteiger partial charge on any atom is 0.330 e. The summed E-state index contributed by atoms with van der Waals surface area (Å²) < 4.78 is 4.78. The SMILES string of the molecule is CCOC(=O)C=CC=Cc1ccc2ccccc2n1. The van der Waals surface area contributed by atoms with Gasteiger partial charge in [-0.05, 0) is 25.1 Å². The van der Waals surface area contributed by atoms with Crippen molar-refractivity contribution in [3.63, 3.8) is 0 Å². The minimum absolute atomic E-state index is 0.335. The van der Waals surface area contributed by atoms with Crippen LogP contribution in [0.5, 0.6) is 0 Å². The van der Waals surface area contributed by atoms with Gasteiger partial charge in [0.15, 0.2) is 0 Å². The molecule has 0 amide bonds. The van der Waals surface area contributed by atoms with Gasteiger partial charge in [0.25, 0.3) is 0 Å². The summed E-state index contributed by atoms with van der Waals surface area (Å²) in [6, 6.07) is 11.9. The molecule has 1 heterocycles. The van der Waals surface area contributed by atoms with E-state index in [0.717, 1.165) is 16.6 Å². The van der Waals surface area contributed by atoms with Gasteiger partial charge in [-0.15, -0.1) is 0 Å². The second-order valence-electron chi connectivity index (χ2n) is 3.90. The first-order valence-corrected chi connectivity index (χ1v) is 6.17. The lowest BCUT2D eigenvalue weighted by Gasteiger charge is -1.97. The Kier molecular flexibility index (Phi) is 4.45. The lowest BCUT2D eigenvalue weighted by Crippen LogP contribution is -1.98. The number of ether oxygens (including phenoxy) is 1. The van der Waals surface area contributed by atoms with E-state index in [1.54, 1.807) is 19.1 Å². The molecule has 0 saturated carbocycles. The summed E-state index contributed by atoms with van der Waals surface area (Å²) in [4.78, 5) is 15.6. The Balaban J connectivity index is 2.06. The number of carbonyl (C=O) groups is 1. The summed E-state index contributed by atoms with van der Waals surface area (Å²) in [5, 5.41) is 1.11. The number of fused-ring (bicyclic) bond motifs is 1. The van der Waals surface area contributed by atoms with Crippen LogP contribution in [0.4, 0.5) is 0 Å². The van der Waals surface area contributed by atoms with E-state index in [4.69, 9.17) is 4.74 Å². The van der Waals surface area contributed by atoms with Crippen molar-refractivity contribution in [3.8, 4) is 0 Å². The van der Waals surface area contributed by atoms with Crippen molar-refractivity contribution in [2.24, 2.45) is 0 Å². The molecular formula is C16H15NO2. The number of pyridine rings is 1. The van der Waals surface area contributed by atoms with Gasteiger partial charge in [0.1, 0.15) is 0 Å². The minimum Gasteiger partial charge on any atom is -0.463 e. The molecule has 0 bridgehead atoms. The largest absolute Gasteiger partial charge is 0.463 e. The average Bonchev–Trinajstić information content (AvgIpc) is 2.44. The van der Waals surface area contributed by atoms with E-state index in [9.17, 15) is 4.79 Å². The smallest absolute Gasteiger partial charge is 0.330 e. The minimum atomic E-state index is -0.335. The van der Waals surface area contributed by atoms with Crippen molar-refractivity contribution in [1.82, 2.24) is 4.98 Å². The van der Waals surface area contributed by atoms with Crippen molar-refractivity contribution in [3.05, 3.63) is 60.3 Å². The molecule has 0 N–H and O–H groups in total. The van der Waals surface area contributed by atoms with E-state index in [2.05, 4.69) is 4.98 Å². The van der Waals surface area contributed by atoms with E-state index in [1.165, 1.54) is 6.08 Å². The zero-order chi connectivity index (χ0) is 13.5. The fourth-order valence-corrected chi connectivity index (χ4v) is 1.65. The van der Waals surface area contributed by atoms with E-state index in [0.29, 0.717) is 6.61 Å². The Bertz CT molecular complexity index is 629. The van der Waals surface area contributed by atoms with Crippen LogP contribution < -0.4 is 0 Å². The number of hydrogen-bond donors (Lipinski definition) is 0. The molecule has 3 heteroatoms. The lowest BCUT2D eigenvalue weighted by atomic mass is 10.2. The van der Waals surface area contributed by atoms with Gasteiger partial charge >= 0.3 is 5.97 Å². The molecule has 0 aliphatic rings. The molecule has 2 rings (SSSR count). The molecule has 0 aliphatic heterocycles. The molecule has 0 fully saturated rings. The Hall–Kier alpha value is -2.42. The van der Waals surface area contributed by atoms with Gasteiger partial charge in [0.05, 0.1) is 17.8 Å². The molecule has 1 aromatic carbocycles. The normalized spacial score (nSPS) is 11.4. The summed E-state index contributed by atoms with van der Waals surface area (Å²) in [6.45, 7) is 2.17. The molecule has 3 nitrogen and oxygen atoms in total. The summed E-state index contributed by atoms with van der Waals surface area (Å²) in [5.41, 5.74) is 1.81. The monoisotopic (exact) mass is 253 g/mol. The average molecular weight is 253 g/mol. The molecule has 0 aliphatic carbocycles. The first-order chi connectivity index (χ1) is 9.29. The third-order valence-electron chi connectivity index (χ3n) is 2.52. The molecular weight excluding hydrogens is 238 g/mol. The van der Waals surface area contributed by atoms with Crippen molar-refractivity contribution >= 4 is 22.9 Å². The number of para-hydroxylation sites is 1. The van der Waals surface area contributed by atoms with Gasteiger partial charge in [-0.3, -0.25) is 0 Å². The van der Waals surface area contributed by atoms with Crippen LogP contribution in [0.3, 0.4) is 0 Å². The number of benzene rings is 1. The molecule has 0 saturated heterocycles. The van der Waals surface area contributed by atoms with Gasteiger partial charge < -0.3 is 4.74 Å².